The van der Waals surface area contributed by atoms with Crippen molar-refractivity contribution in [1.82, 2.24) is 4.98 Å². The van der Waals surface area contributed by atoms with Gasteiger partial charge in [0.1, 0.15) is 5.82 Å². The lowest BCUT2D eigenvalue weighted by atomic mass is 9.91. The molecule has 1 heterocycles. The Morgan fingerprint density at radius 3 is 2.88 bits per heavy atom. The summed E-state index contributed by atoms with van der Waals surface area (Å²) in [7, 11) is 1.65. The van der Waals surface area contributed by atoms with Crippen LogP contribution in [0.1, 0.15) is 25.7 Å². The molecule has 0 aliphatic heterocycles. The molecule has 1 saturated carbocycles. The fourth-order valence-electron chi connectivity index (χ4n) is 2.12. The molecule has 1 fully saturated rings. The zero-order chi connectivity index (χ0) is 12.1. The third-order valence-corrected chi connectivity index (χ3v) is 3.33. The summed E-state index contributed by atoms with van der Waals surface area (Å²) in [6.07, 6.45) is 4.87. The maximum absolute atomic E-state index is 5.60. The molecule has 4 nitrogen and oxygen atoms in total. The van der Waals surface area contributed by atoms with Crippen molar-refractivity contribution >= 4 is 5.82 Å². The van der Waals surface area contributed by atoms with Crippen molar-refractivity contribution in [1.29, 1.82) is 0 Å². The van der Waals surface area contributed by atoms with Gasteiger partial charge >= 0.3 is 0 Å². The number of pyridine rings is 1. The first-order valence-corrected chi connectivity index (χ1v) is 6.33. The summed E-state index contributed by atoms with van der Waals surface area (Å²) in [6, 6.07) is 6.57. The molecule has 0 bridgehead atoms. The summed E-state index contributed by atoms with van der Waals surface area (Å²) in [4.78, 5) is 6.88. The van der Waals surface area contributed by atoms with E-state index in [2.05, 4.69) is 16.0 Å². The zero-order valence-electron chi connectivity index (χ0n) is 10.4. The van der Waals surface area contributed by atoms with Crippen LogP contribution in [-0.2, 0) is 0 Å². The number of nitrogens with zero attached hydrogens (tertiary/aromatic N) is 2. The van der Waals surface area contributed by atoms with Crippen LogP contribution >= 0.6 is 0 Å². The monoisotopic (exact) mass is 235 g/mol. The Kier molecular flexibility index (Phi) is 4.20. The van der Waals surface area contributed by atoms with Gasteiger partial charge in [0.05, 0.1) is 7.11 Å². The van der Waals surface area contributed by atoms with Gasteiger partial charge in [-0.25, -0.2) is 0 Å². The van der Waals surface area contributed by atoms with E-state index in [1.807, 2.05) is 12.1 Å². The van der Waals surface area contributed by atoms with Gasteiger partial charge in [0.25, 0.3) is 0 Å². The van der Waals surface area contributed by atoms with Crippen LogP contribution in [0, 0.1) is 0 Å². The van der Waals surface area contributed by atoms with Gasteiger partial charge in [0, 0.05) is 18.7 Å². The van der Waals surface area contributed by atoms with Gasteiger partial charge in [-0.1, -0.05) is 6.07 Å². The van der Waals surface area contributed by atoms with Crippen molar-refractivity contribution in [3.8, 4) is 5.88 Å². The first-order chi connectivity index (χ1) is 8.35. The van der Waals surface area contributed by atoms with E-state index < -0.39 is 0 Å². The topological polar surface area (TPSA) is 51.4 Å². The molecule has 2 N–H and O–H groups in total. The third kappa shape index (κ3) is 2.88. The summed E-state index contributed by atoms with van der Waals surface area (Å²) < 4.78 is 5.18. The minimum absolute atomic E-state index is 0.640. The predicted molar refractivity (Wildman–Crippen MR) is 69.4 cm³/mol. The van der Waals surface area contributed by atoms with E-state index in [0.717, 1.165) is 25.3 Å². The highest BCUT2D eigenvalue weighted by Crippen LogP contribution is 2.29. The molecule has 0 saturated heterocycles. The molecule has 17 heavy (non-hydrogen) atoms. The van der Waals surface area contributed by atoms with E-state index >= 15 is 0 Å². The normalized spacial score (nSPS) is 15.4. The second-order valence-corrected chi connectivity index (χ2v) is 4.46. The Hall–Kier alpha value is -1.29. The molecular formula is C13H21N3O. The average Bonchev–Trinajstić information content (AvgIpc) is 2.32. The number of hydrogen-bond donors (Lipinski definition) is 1. The molecule has 0 spiro atoms. The van der Waals surface area contributed by atoms with Crippen LogP contribution in [0.5, 0.6) is 5.88 Å². The molecule has 0 atom stereocenters. The minimum Gasteiger partial charge on any atom is -0.481 e. The SMILES string of the molecule is COc1cccc(N(CCCN)C2CCC2)n1. The Bertz CT molecular complexity index is 352. The fraction of sp³-hybridized carbons (Fsp3) is 0.615. The molecule has 1 aromatic rings. The molecule has 0 unspecified atom stereocenters. The highest BCUT2D eigenvalue weighted by atomic mass is 16.5. The Morgan fingerprint density at radius 1 is 1.47 bits per heavy atom. The highest BCUT2D eigenvalue weighted by Gasteiger charge is 2.25. The number of methoxy groups -OCH3 is 1. The summed E-state index contributed by atoms with van der Waals surface area (Å²) in [5, 5.41) is 0. The van der Waals surface area contributed by atoms with Crippen molar-refractivity contribution in [2.45, 2.75) is 31.7 Å². The van der Waals surface area contributed by atoms with Crippen molar-refractivity contribution in [3.05, 3.63) is 18.2 Å². The van der Waals surface area contributed by atoms with E-state index in [1.54, 1.807) is 7.11 Å². The van der Waals surface area contributed by atoms with E-state index in [0.29, 0.717) is 11.9 Å². The molecule has 0 amide bonds. The van der Waals surface area contributed by atoms with Crippen molar-refractivity contribution in [2.75, 3.05) is 25.1 Å². The molecule has 1 aromatic heterocycles. The molecule has 4 heteroatoms. The highest BCUT2D eigenvalue weighted by molar-refractivity contribution is 5.42. The van der Waals surface area contributed by atoms with Crippen molar-refractivity contribution < 1.29 is 4.74 Å². The summed E-state index contributed by atoms with van der Waals surface area (Å²) in [5.41, 5.74) is 5.60. The number of rotatable bonds is 6. The maximum atomic E-state index is 5.60. The average molecular weight is 235 g/mol. The second-order valence-electron chi connectivity index (χ2n) is 4.46. The van der Waals surface area contributed by atoms with Crippen LogP contribution in [-0.4, -0.2) is 31.2 Å². The quantitative estimate of drug-likeness (QED) is 0.817. The Labute approximate surface area is 103 Å². The second kappa shape index (κ2) is 5.87. The maximum Gasteiger partial charge on any atom is 0.214 e. The van der Waals surface area contributed by atoms with Gasteiger partial charge in [0.2, 0.25) is 5.88 Å². The van der Waals surface area contributed by atoms with Crippen molar-refractivity contribution in [2.24, 2.45) is 5.73 Å². The number of hydrogen-bond acceptors (Lipinski definition) is 4. The van der Waals surface area contributed by atoms with Gasteiger partial charge in [-0.05, 0) is 38.3 Å². The lowest BCUT2D eigenvalue weighted by Gasteiger charge is -2.38. The fourth-order valence-corrected chi connectivity index (χ4v) is 2.12. The Balaban J connectivity index is 2.11. The molecule has 1 aliphatic carbocycles. The van der Waals surface area contributed by atoms with Gasteiger partial charge in [-0.3, -0.25) is 0 Å². The van der Waals surface area contributed by atoms with E-state index in [-0.39, 0.29) is 0 Å². The van der Waals surface area contributed by atoms with Crippen LogP contribution in [0.4, 0.5) is 5.82 Å². The first kappa shape index (κ1) is 12.2. The van der Waals surface area contributed by atoms with E-state index in [9.17, 15) is 0 Å². The number of nitrogens with two attached hydrogens (primary N) is 1. The molecule has 0 aromatic carbocycles. The summed E-state index contributed by atoms with van der Waals surface area (Å²) >= 11 is 0. The van der Waals surface area contributed by atoms with Crippen LogP contribution in [0.15, 0.2) is 18.2 Å². The van der Waals surface area contributed by atoms with Gasteiger partial charge in [0.15, 0.2) is 0 Å². The molecule has 1 aliphatic rings. The van der Waals surface area contributed by atoms with Crippen molar-refractivity contribution in [3.63, 3.8) is 0 Å². The molecule has 0 radical (unpaired) electrons. The molecule has 2 rings (SSSR count). The predicted octanol–water partition coefficient (Wildman–Crippen LogP) is 1.80. The summed E-state index contributed by atoms with van der Waals surface area (Å²) in [6.45, 7) is 1.72. The largest absolute Gasteiger partial charge is 0.481 e. The first-order valence-electron chi connectivity index (χ1n) is 6.33. The molecular weight excluding hydrogens is 214 g/mol. The smallest absolute Gasteiger partial charge is 0.214 e. The van der Waals surface area contributed by atoms with E-state index in [1.165, 1.54) is 19.3 Å². The van der Waals surface area contributed by atoms with Gasteiger partial charge in [-0.15, -0.1) is 0 Å². The third-order valence-electron chi connectivity index (χ3n) is 3.33. The lowest BCUT2D eigenvalue weighted by molar-refractivity contribution is 0.376. The standard InChI is InChI=1S/C13H21N3O/c1-17-13-8-3-7-12(15-13)16(10-4-9-14)11-5-2-6-11/h3,7-8,11H,2,4-6,9-10,14H2,1H3. The van der Waals surface area contributed by atoms with Gasteiger partial charge in [-0.2, -0.15) is 4.98 Å². The Morgan fingerprint density at radius 2 is 2.29 bits per heavy atom. The summed E-state index contributed by atoms with van der Waals surface area (Å²) in [5.74, 6) is 1.70. The van der Waals surface area contributed by atoms with Crippen LogP contribution in [0.3, 0.4) is 0 Å². The molecule has 94 valence electrons. The zero-order valence-corrected chi connectivity index (χ0v) is 10.4. The van der Waals surface area contributed by atoms with Gasteiger partial charge < -0.3 is 15.4 Å². The number of anilines is 1. The van der Waals surface area contributed by atoms with Crippen LogP contribution in [0.2, 0.25) is 0 Å². The minimum atomic E-state index is 0.640. The number of ether oxygens (including phenoxy) is 1. The van der Waals surface area contributed by atoms with Crippen LogP contribution in [0.25, 0.3) is 0 Å². The lowest BCUT2D eigenvalue weighted by Crippen LogP contribution is -2.41. The van der Waals surface area contributed by atoms with E-state index in [4.69, 9.17) is 10.5 Å². The van der Waals surface area contributed by atoms with Crippen LogP contribution < -0.4 is 15.4 Å². The number of aromatic nitrogens is 1.